The van der Waals surface area contributed by atoms with Crippen LogP contribution in [0.1, 0.15) is 36.8 Å². The van der Waals surface area contributed by atoms with Crippen molar-refractivity contribution < 1.29 is 35.1 Å². The third kappa shape index (κ3) is 6.91. The van der Waals surface area contributed by atoms with Gasteiger partial charge in [0.25, 0.3) is 10.0 Å². The smallest absolute Gasteiger partial charge is 0.380 e. The van der Waals surface area contributed by atoms with Crippen molar-refractivity contribution in [3.05, 3.63) is 77.8 Å². The second kappa shape index (κ2) is 12.3. The highest BCUT2D eigenvalue weighted by Crippen LogP contribution is 2.38. The van der Waals surface area contributed by atoms with E-state index in [0.717, 1.165) is 43.4 Å². The number of sulfonamides is 1. The van der Waals surface area contributed by atoms with Crippen molar-refractivity contribution in [1.82, 2.24) is 14.9 Å². The summed E-state index contributed by atoms with van der Waals surface area (Å²) in [6.07, 6.45) is 0.947. The molecule has 0 amide bonds. The molecule has 1 aromatic heterocycles. The third-order valence-electron chi connectivity index (χ3n) is 8.33. The minimum atomic E-state index is -4.63. The van der Waals surface area contributed by atoms with E-state index in [-0.39, 0.29) is 17.5 Å². The number of piperidine rings is 1. The highest BCUT2D eigenvalue weighted by Gasteiger charge is 2.43. The van der Waals surface area contributed by atoms with E-state index in [1.165, 1.54) is 18.3 Å². The first kappa shape index (κ1) is 31.1. The number of benzene rings is 2. The van der Waals surface area contributed by atoms with Crippen LogP contribution in [-0.2, 0) is 27.4 Å². The Morgan fingerprint density at radius 1 is 1.16 bits per heavy atom. The maximum absolute atomic E-state index is 15.3. The molecular formula is C29H32F5N5O3S. The Morgan fingerprint density at radius 2 is 1.93 bits per heavy atom. The molecule has 8 nitrogen and oxygen atoms in total. The number of aryl methyl sites for hydroxylation is 1. The zero-order valence-electron chi connectivity index (χ0n) is 23.4. The molecule has 1 N–H and O–H groups in total. The summed E-state index contributed by atoms with van der Waals surface area (Å²) < 4.78 is 104. The first-order valence-corrected chi connectivity index (χ1v) is 15.4. The average molecular weight is 626 g/mol. The molecule has 3 heterocycles. The number of hydrogen-bond donors (Lipinski definition) is 1. The first-order chi connectivity index (χ1) is 20.4. The van der Waals surface area contributed by atoms with E-state index in [1.807, 2.05) is 11.9 Å². The second-order valence-electron chi connectivity index (χ2n) is 11.0. The van der Waals surface area contributed by atoms with Gasteiger partial charge in [-0.2, -0.15) is 13.2 Å². The molecule has 5 rings (SSSR count). The van der Waals surface area contributed by atoms with Gasteiger partial charge in [-0.1, -0.05) is 18.2 Å². The molecule has 43 heavy (non-hydrogen) atoms. The van der Waals surface area contributed by atoms with Gasteiger partial charge in [-0.15, -0.1) is 0 Å². The van der Waals surface area contributed by atoms with Gasteiger partial charge in [-0.3, -0.25) is 9.62 Å². The summed E-state index contributed by atoms with van der Waals surface area (Å²) in [5.41, 5.74) is -0.533. The minimum absolute atomic E-state index is 0.0790. The summed E-state index contributed by atoms with van der Waals surface area (Å²) >= 11 is 0. The summed E-state index contributed by atoms with van der Waals surface area (Å²) in [7, 11) is -2.67. The van der Waals surface area contributed by atoms with E-state index in [9.17, 15) is 21.6 Å². The van der Waals surface area contributed by atoms with Crippen molar-refractivity contribution in [1.29, 1.82) is 0 Å². The van der Waals surface area contributed by atoms with E-state index in [1.54, 1.807) is 6.07 Å². The van der Waals surface area contributed by atoms with E-state index in [2.05, 4.69) is 19.6 Å². The van der Waals surface area contributed by atoms with Crippen molar-refractivity contribution >= 4 is 21.5 Å². The lowest BCUT2D eigenvalue weighted by atomic mass is 9.80. The maximum Gasteiger partial charge on any atom is 0.416 e. The first-order valence-electron chi connectivity index (χ1n) is 13.9. The van der Waals surface area contributed by atoms with Crippen LogP contribution < -0.4 is 9.62 Å². The maximum atomic E-state index is 15.3. The van der Waals surface area contributed by atoms with Gasteiger partial charge in [0.1, 0.15) is 23.8 Å². The SMILES string of the molecule is CN([C@H]1CCOC1)[C@@]1(CCc2cccc(C(F)(F)F)c2)CCCN(c2cc(F)c(S(=O)(=O)Nc3ccncn3)c(F)c2)C1. The molecule has 0 saturated carbocycles. The monoisotopic (exact) mass is 625 g/mol. The van der Waals surface area contributed by atoms with Crippen LogP contribution in [0.15, 0.2) is 59.9 Å². The van der Waals surface area contributed by atoms with Crippen LogP contribution in [0.3, 0.4) is 0 Å². The Labute approximate surface area is 246 Å². The number of anilines is 2. The second-order valence-corrected chi connectivity index (χ2v) is 12.6. The van der Waals surface area contributed by atoms with E-state index in [0.29, 0.717) is 51.1 Å². The van der Waals surface area contributed by atoms with Crippen molar-refractivity contribution in [2.24, 2.45) is 0 Å². The predicted molar refractivity (Wildman–Crippen MR) is 150 cm³/mol. The number of alkyl halides is 3. The summed E-state index contributed by atoms with van der Waals surface area (Å²) in [5.74, 6) is -2.65. The lowest BCUT2D eigenvalue weighted by Crippen LogP contribution is -2.60. The largest absolute Gasteiger partial charge is 0.416 e. The van der Waals surface area contributed by atoms with Crippen LogP contribution in [0, 0.1) is 11.6 Å². The number of rotatable bonds is 9. The topological polar surface area (TPSA) is 87.7 Å². The number of aromatic nitrogens is 2. The molecular weight excluding hydrogens is 593 g/mol. The van der Waals surface area contributed by atoms with Crippen LogP contribution in [-0.4, -0.2) is 68.2 Å². The molecule has 14 heteroatoms. The van der Waals surface area contributed by atoms with Gasteiger partial charge in [0.15, 0.2) is 4.90 Å². The van der Waals surface area contributed by atoms with E-state index >= 15 is 8.78 Å². The third-order valence-corrected chi connectivity index (χ3v) is 9.73. The molecule has 2 atom stereocenters. The van der Waals surface area contributed by atoms with Gasteiger partial charge in [0.05, 0.1) is 12.2 Å². The number of nitrogens with zero attached hydrogens (tertiary/aromatic N) is 4. The molecule has 2 fully saturated rings. The van der Waals surface area contributed by atoms with Gasteiger partial charge >= 0.3 is 6.18 Å². The van der Waals surface area contributed by atoms with Crippen LogP contribution in [0.5, 0.6) is 0 Å². The van der Waals surface area contributed by atoms with E-state index < -0.39 is 43.8 Å². The normalized spacial score (nSPS) is 21.4. The fraction of sp³-hybridized carbons (Fsp3) is 0.448. The summed E-state index contributed by atoms with van der Waals surface area (Å²) in [6, 6.07) is 8.59. The molecule has 2 aliphatic rings. The molecule has 3 aromatic rings. The molecule has 0 spiro atoms. The number of ether oxygens (including phenoxy) is 1. The minimum Gasteiger partial charge on any atom is -0.380 e. The number of hydrogen-bond acceptors (Lipinski definition) is 7. The molecule has 2 saturated heterocycles. The summed E-state index contributed by atoms with van der Waals surface area (Å²) in [5, 5.41) is 0. The fourth-order valence-corrected chi connectivity index (χ4v) is 7.15. The molecule has 0 bridgehead atoms. The average Bonchev–Trinajstić information content (AvgIpc) is 3.50. The molecule has 0 unspecified atom stereocenters. The summed E-state index contributed by atoms with van der Waals surface area (Å²) in [6.45, 7) is 1.91. The molecule has 0 aliphatic carbocycles. The number of likely N-dealkylation sites (N-methyl/N-ethyl adjacent to an activating group) is 1. The quantitative estimate of drug-likeness (QED) is 0.325. The molecule has 232 valence electrons. The van der Waals surface area contributed by atoms with E-state index in [4.69, 9.17) is 4.74 Å². The van der Waals surface area contributed by atoms with Gasteiger partial charge in [-0.05, 0) is 69.0 Å². The lowest BCUT2D eigenvalue weighted by molar-refractivity contribution is -0.137. The summed E-state index contributed by atoms with van der Waals surface area (Å²) in [4.78, 5) is 10.3. The Hall–Kier alpha value is -3.36. The van der Waals surface area contributed by atoms with Crippen LogP contribution in [0.2, 0.25) is 0 Å². The highest BCUT2D eigenvalue weighted by molar-refractivity contribution is 7.92. The Bertz CT molecular complexity index is 1510. The van der Waals surface area contributed by atoms with Gasteiger partial charge in [0, 0.05) is 43.2 Å². The van der Waals surface area contributed by atoms with Gasteiger partial charge in [0.2, 0.25) is 0 Å². The van der Waals surface area contributed by atoms with Crippen molar-refractivity contribution in [3.63, 3.8) is 0 Å². The predicted octanol–water partition coefficient (Wildman–Crippen LogP) is 5.27. The van der Waals surface area contributed by atoms with Crippen LogP contribution >= 0.6 is 0 Å². The number of halogens is 5. The van der Waals surface area contributed by atoms with Crippen LogP contribution in [0.25, 0.3) is 0 Å². The Morgan fingerprint density at radius 3 is 2.58 bits per heavy atom. The van der Waals surface area contributed by atoms with Crippen LogP contribution in [0.4, 0.5) is 33.5 Å². The standard InChI is InChI=1S/C29H32F5N5O3S/c1-38(22-8-13-42-17-22)28(10-6-20-4-2-5-21(14-20)29(32,33)34)9-3-12-39(18-28)23-15-24(30)27(25(31)16-23)43(40,41)37-26-7-11-35-19-36-26/h2,4-5,7,11,14-16,19,22H,3,6,8-10,12-13,17-18H2,1H3,(H,35,36,37)/t22-,28+/m0/s1. The Balaban J connectivity index is 1.42. The van der Waals surface area contributed by atoms with Gasteiger partial charge < -0.3 is 9.64 Å². The highest BCUT2D eigenvalue weighted by atomic mass is 32.2. The van der Waals surface area contributed by atoms with Crippen molar-refractivity contribution in [3.8, 4) is 0 Å². The van der Waals surface area contributed by atoms with Gasteiger partial charge in [-0.25, -0.2) is 27.2 Å². The molecule has 0 radical (unpaired) electrons. The Kier molecular flexibility index (Phi) is 8.91. The molecule has 2 aliphatic heterocycles. The fourth-order valence-electron chi connectivity index (χ4n) is 6.02. The zero-order valence-corrected chi connectivity index (χ0v) is 24.3. The zero-order chi connectivity index (χ0) is 30.8. The number of nitrogens with one attached hydrogen (secondary N) is 1. The molecule has 2 aromatic carbocycles. The van der Waals surface area contributed by atoms with Crippen molar-refractivity contribution in [2.45, 2.75) is 54.8 Å². The lowest BCUT2D eigenvalue weighted by Gasteiger charge is -2.51. The van der Waals surface area contributed by atoms with Crippen molar-refractivity contribution in [2.75, 3.05) is 43.0 Å².